The second kappa shape index (κ2) is 14.1. The molecule has 1 nitrogen and oxygen atoms in total. The van der Waals surface area contributed by atoms with E-state index in [-0.39, 0.29) is 5.41 Å². The Morgan fingerprint density at radius 1 is 0.615 bits per heavy atom. The van der Waals surface area contributed by atoms with Crippen molar-refractivity contribution in [3.05, 3.63) is 29.8 Å². The molecule has 0 aliphatic rings. The van der Waals surface area contributed by atoms with Gasteiger partial charge in [-0.05, 0) is 30.7 Å². The van der Waals surface area contributed by atoms with Crippen LogP contribution in [-0.2, 0) is 5.41 Å². The first-order valence-corrected chi connectivity index (χ1v) is 11.5. The third-order valence-corrected chi connectivity index (χ3v) is 6.00. The molecule has 0 heterocycles. The number of hydrogen-bond acceptors (Lipinski definition) is 1. The number of unbranched alkanes of at least 4 members (excludes halogenated alkanes) is 9. The summed E-state index contributed by atoms with van der Waals surface area (Å²) in [6.07, 6.45) is 19.5. The normalized spacial score (nSPS) is 11.8. The molecule has 0 fully saturated rings. The van der Waals surface area contributed by atoms with Crippen molar-refractivity contribution in [2.45, 2.75) is 122 Å². The Morgan fingerprint density at radius 3 is 1.42 bits per heavy atom. The smallest absolute Gasteiger partial charge is 0.119 e. The van der Waals surface area contributed by atoms with Crippen LogP contribution in [0.5, 0.6) is 5.75 Å². The Labute approximate surface area is 163 Å². The highest BCUT2D eigenvalue weighted by Gasteiger charge is 2.32. The molecule has 0 spiro atoms. The van der Waals surface area contributed by atoms with Crippen molar-refractivity contribution in [3.63, 3.8) is 0 Å². The van der Waals surface area contributed by atoms with E-state index in [9.17, 15) is 5.11 Å². The fraction of sp³-hybridized carbons (Fsp3) is 0.760. The number of rotatable bonds is 16. The Bertz CT molecular complexity index is 420. The molecule has 1 aromatic rings. The summed E-state index contributed by atoms with van der Waals surface area (Å²) < 4.78 is 0. The molecule has 1 rings (SSSR count). The molecule has 0 unspecified atom stereocenters. The zero-order chi connectivity index (χ0) is 19.1. The van der Waals surface area contributed by atoms with Crippen molar-refractivity contribution in [1.29, 1.82) is 0 Å². The number of hydrogen-bond donors (Lipinski definition) is 1. The fourth-order valence-electron chi connectivity index (χ4n) is 4.37. The lowest BCUT2D eigenvalue weighted by molar-refractivity contribution is 0.290. The maximum Gasteiger partial charge on any atom is 0.119 e. The van der Waals surface area contributed by atoms with Crippen LogP contribution in [0.15, 0.2) is 24.3 Å². The minimum atomic E-state index is 0.181. The van der Waals surface area contributed by atoms with Crippen LogP contribution in [0.4, 0.5) is 0 Å². The Kier molecular flexibility index (Phi) is 12.5. The van der Waals surface area contributed by atoms with E-state index < -0.39 is 0 Å². The molecule has 0 radical (unpaired) electrons. The van der Waals surface area contributed by atoms with Crippen LogP contribution < -0.4 is 0 Å². The molecular formula is C25H44O. The SMILES string of the molecule is CCCCCCC(CCCCCC)(CCCCCC)c1ccccc1O. The topological polar surface area (TPSA) is 20.2 Å². The minimum Gasteiger partial charge on any atom is -0.508 e. The van der Waals surface area contributed by atoms with E-state index in [1.165, 1.54) is 102 Å². The first-order chi connectivity index (χ1) is 12.7. The molecule has 0 atom stereocenters. The average Bonchev–Trinajstić information content (AvgIpc) is 2.66. The van der Waals surface area contributed by atoms with Gasteiger partial charge < -0.3 is 5.11 Å². The lowest BCUT2D eigenvalue weighted by Gasteiger charge is -2.36. The number of para-hydroxylation sites is 1. The van der Waals surface area contributed by atoms with Crippen LogP contribution >= 0.6 is 0 Å². The molecule has 1 aromatic carbocycles. The van der Waals surface area contributed by atoms with Gasteiger partial charge in [0.05, 0.1) is 0 Å². The predicted octanol–water partition coefficient (Wildman–Crippen LogP) is 8.54. The molecule has 0 amide bonds. The molecule has 1 heteroatoms. The summed E-state index contributed by atoms with van der Waals surface area (Å²) in [6.45, 7) is 6.85. The van der Waals surface area contributed by atoms with Gasteiger partial charge in [-0.3, -0.25) is 0 Å². The van der Waals surface area contributed by atoms with Crippen molar-refractivity contribution in [2.24, 2.45) is 0 Å². The van der Waals surface area contributed by atoms with Gasteiger partial charge in [0.25, 0.3) is 0 Å². The number of phenolic OH excluding ortho intramolecular Hbond substituents is 1. The van der Waals surface area contributed by atoms with Crippen molar-refractivity contribution in [1.82, 2.24) is 0 Å². The highest BCUT2D eigenvalue weighted by Crippen LogP contribution is 2.44. The lowest BCUT2D eigenvalue weighted by atomic mass is 9.69. The van der Waals surface area contributed by atoms with Crippen LogP contribution in [0.1, 0.15) is 123 Å². The first-order valence-electron chi connectivity index (χ1n) is 11.5. The highest BCUT2D eigenvalue weighted by molar-refractivity contribution is 5.38. The summed E-state index contributed by atoms with van der Waals surface area (Å²) in [4.78, 5) is 0. The van der Waals surface area contributed by atoms with Crippen LogP contribution in [0.2, 0.25) is 0 Å². The van der Waals surface area contributed by atoms with Crippen molar-refractivity contribution in [3.8, 4) is 5.75 Å². The summed E-state index contributed by atoms with van der Waals surface area (Å²) in [7, 11) is 0. The molecule has 0 saturated carbocycles. The van der Waals surface area contributed by atoms with Gasteiger partial charge in [0.2, 0.25) is 0 Å². The van der Waals surface area contributed by atoms with Gasteiger partial charge in [-0.25, -0.2) is 0 Å². The lowest BCUT2D eigenvalue weighted by Crippen LogP contribution is -2.27. The van der Waals surface area contributed by atoms with Gasteiger partial charge in [0.1, 0.15) is 5.75 Å². The van der Waals surface area contributed by atoms with Gasteiger partial charge >= 0.3 is 0 Å². The van der Waals surface area contributed by atoms with E-state index in [4.69, 9.17) is 0 Å². The minimum absolute atomic E-state index is 0.181. The Morgan fingerprint density at radius 2 is 1.04 bits per heavy atom. The van der Waals surface area contributed by atoms with Crippen LogP contribution in [0.25, 0.3) is 0 Å². The van der Waals surface area contributed by atoms with Crippen molar-refractivity contribution >= 4 is 0 Å². The maximum atomic E-state index is 10.7. The highest BCUT2D eigenvalue weighted by atomic mass is 16.3. The van der Waals surface area contributed by atoms with E-state index in [2.05, 4.69) is 32.9 Å². The molecule has 1 N–H and O–H groups in total. The Balaban J connectivity index is 2.94. The fourth-order valence-corrected chi connectivity index (χ4v) is 4.37. The molecule has 26 heavy (non-hydrogen) atoms. The van der Waals surface area contributed by atoms with E-state index in [0.717, 1.165) is 0 Å². The third-order valence-electron chi connectivity index (χ3n) is 6.00. The zero-order valence-corrected chi connectivity index (χ0v) is 17.9. The monoisotopic (exact) mass is 360 g/mol. The Hall–Kier alpha value is -0.980. The first kappa shape index (κ1) is 23.1. The van der Waals surface area contributed by atoms with E-state index >= 15 is 0 Å². The molecule has 150 valence electrons. The number of aromatic hydroxyl groups is 1. The van der Waals surface area contributed by atoms with Gasteiger partial charge in [0.15, 0.2) is 0 Å². The van der Waals surface area contributed by atoms with Crippen molar-refractivity contribution < 1.29 is 5.11 Å². The standard InChI is InChI=1S/C25H44O/c1-4-7-10-15-20-25(21-16-11-8-5-2,22-17-12-9-6-3)23-18-13-14-19-24(23)26/h13-14,18-19,26H,4-12,15-17,20-22H2,1-3H3. The number of benzene rings is 1. The number of phenols is 1. The maximum absolute atomic E-state index is 10.7. The molecule has 0 aliphatic heterocycles. The van der Waals surface area contributed by atoms with Gasteiger partial charge in [-0.2, -0.15) is 0 Å². The van der Waals surface area contributed by atoms with Crippen LogP contribution in [0.3, 0.4) is 0 Å². The summed E-state index contributed by atoms with van der Waals surface area (Å²) in [6, 6.07) is 8.19. The second-order valence-electron chi connectivity index (χ2n) is 8.23. The van der Waals surface area contributed by atoms with E-state index in [1.807, 2.05) is 12.1 Å². The van der Waals surface area contributed by atoms with Crippen LogP contribution in [-0.4, -0.2) is 5.11 Å². The molecule has 0 aromatic heterocycles. The van der Waals surface area contributed by atoms with Crippen LogP contribution in [0, 0.1) is 0 Å². The summed E-state index contributed by atoms with van der Waals surface area (Å²) in [5.74, 6) is 0.522. The third kappa shape index (κ3) is 8.14. The van der Waals surface area contributed by atoms with Gasteiger partial charge in [-0.15, -0.1) is 0 Å². The van der Waals surface area contributed by atoms with E-state index in [1.54, 1.807) is 0 Å². The largest absolute Gasteiger partial charge is 0.508 e. The molecule has 0 saturated heterocycles. The summed E-state index contributed by atoms with van der Waals surface area (Å²) in [5.41, 5.74) is 1.41. The van der Waals surface area contributed by atoms with Gasteiger partial charge in [-0.1, -0.05) is 116 Å². The molecule has 0 aliphatic carbocycles. The molecule has 0 bridgehead atoms. The van der Waals surface area contributed by atoms with Gasteiger partial charge in [0, 0.05) is 5.56 Å². The summed E-state index contributed by atoms with van der Waals surface area (Å²) >= 11 is 0. The second-order valence-corrected chi connectivity index (χ2v) is 8.23. The average molecular weight is 361 g/mol. The summed E-state index contributed by atoms with van der Waals surface area (Å²) in [5, 5.41) is 10.7. The quantitative estimate of drug-likeness (QED) is 0.293. The molecular weight excluding hydrogens is 316 g/mol. The predicted molar refractivity (Wildman–Crippen MR) is 116 cm³/mol. The van der Waals surface area contributed by atoms with E-state index in [0.29, 0.717) is 5.75 Å². The zero-order valence-electron chi connectivity index (χ0n) is 17.9. The van der Waals surface area contributed by atoms with Crippen molar-refractivity contribution in [2.75, 3.05) is 0 Å².